The first-order valence-electron chi connectivity index (χ1n) is 6.41. The van der Waals surface area contributed by atoms with Crippen LogP contribution in [-0.2, 0) is 6.42 Å². The van der Waals surface area contributed by atoms with Gasteiger partial charge in [-0.1, -0.05) is 12.1 Å². The number of aromatic nitrogens is 3. The maximum absolute atomic E-state index is 5.73. The summed E-state index contributed by atoms with van der Waals surface area (Å²) in [6, 6.07) is 8.74. The Hall–Kier alpha value is -1.84. The molecule has 4 nitrogen and oxygen atoms in total. The van der Waals surface area contributed by atoms with Crippen molar-refractivity contribution in [2.24, 2.45) is 0 Å². The fourth-order valence-electron chi connectivity index (χ4n) is 2.07. The van der Waals surface area contributed by atoms with Gasteiger partial charge in [0.15, 0.2) is 0 Å². The lowest BCUT2D eigenvalue weighted by molar-refractivity contribution is 0.316. The molecule has 1 fully saturated rings. The predicted molar refractivity (Wildman–Crippen MR) is 68.7 cm³/mol. The zero-order valence-electron chi connectivity index (χ0n) is 10.5. The molecule has 1 aliphatic carbocycles. The number of aryl methyl sites for hydroxylation is 1. The Morgan fingerprint density at radius 1 is 1.39 bits per heavy atom. The second-order valence-corrected chi connectivity index (χ2v) is 4.80. The summed E-state index contributed by atoms with van der Waals surface area (Å²) in [7, 11) is 0. The van der Waals surface area contributed by atoms with E-state index in [0.717, 1.165) is 18.0 Å². The van der Waals surface area contributed by atoms with E-state index in [0.29, 0.717) is 12.6 Å². The summed E-state index contributed by atoms with van der Waals surface area (Å²) in [6.07, 6.45) is 5.15. The Balaban J connectivity index is 1.56. The van der Waals surface area contributed by atoms with Crippen LogP contribution < -0.4 is 4.74 Å². The first-order valence-corrected chi connectivity index (χ1v) is 6.41. The Kier molecular flexibility index (Phi) is 3.00. The Morgan fingerprint density at radius 2 is 2.28 bits per heavy atom. The van der Waals surface area contributed by atoms with E-state index in [1.165, 1.54) is 18.4 Å². The minimum absolute atomic E-state index is 0.633. The summed E-state index contributed by atoms with van der Waals surface area (Å²) < 4.78 is 7.91. The van der Waals surface area contributed by atoms with Gasteiger partial charge in [0.1, 0.15) is 17.9 Å². The van der Waals surface area contributed by atoms with Crippen molar-refractivity contribution in [3.63, 3.8) is 0 Å². The van der Waals surface area contributed by atoms with Gasteiger partial charge in [-0.2, -0.15) is 0 Å². The molecule has 2 aromatic rings. The van der Waals surface area contributed by atoms with Crippen LogP contribution in [0.2, 0.25) is 0 Å². The smallest absolute Gasteiger partial charge is 0.136 e. The van der Waals surface area contributed by atoms with Crippen molar-refractivity contribution in [3.05, 3.63) is 42.0 Å². The van der Waals surface area contributed by atoms with Crippen molar-refractivity contribution in [2.45, 2.75) is 32.2 Å². The summed E-state index contributed by atoms with van der Waals surface area (Å²) >= 11 is 0. The van der Waals surface area contributed by atoms with E-state index in [9.17, 15) is 0 Å². The highest BCUT2D eigenvalue weighted by Crippen LogP contribution is 2.35. The summed E-state index contributed by atoms with van der Waals surface area (Å²) in [5.74, 6) is 1.96. The minimum Gasteiger partial charge on any atom is -0.493 e. The third-order valence-electron chi connectivity index (χ3n) is 3.17. The number of hydrogen-bond acceptors (Lipinski definition) is 3. The summed E-state index contributed by atoms with van der Waals surface area (Å²) in [4.78, 5) is 0. The van der Waals surface area contributed by atoms with E-state index in [2.05, 4.69) is 27.8 Å². The summed E-state index contributed by atoms with van der Waals surface area (Å²) in [6.45, 7) is 2.71. The van der Waals surface area contributed by atoms with Gasteiger partial charge >= 0.3 is 0 Å². The molecule has 0 radical (unpaired) electrons. The van der Waals surface area contributed by atoms with Gasteiger partial charge in [-0.15, -0.1) is 10.2 Å². The number of hydrogen-bond donors (Lipinski definition) is 0. The van der Waals surface area contributed by atoms with E-state index >= 15 is 0 Å². The average Bonchev–Trinajstić information content (AvgIpc) is 3.10. The Morgan fingerprint density at radius 3 is 3.06 bits per heavy atom. The molecule has 0 saturated heterocycles. The van der Waals surface area contributed by atoms with Crippen LogP contribution in [0.3, 0.4) is 0 Å². The van der Waals surface area contributed by atoms with Crippen molar-refractivity contribution in [1.29, 1.82) is 0 Å². The molecular formula is C14H17N3O. The Bertz CT molecular complexity index is 531. The molecule has 3 rings (SSSR count). The standard InChI is InChI=1S/C14H17N3O/c1-11-3-2-4-13(9-11)18-8-7-14-16-15-10-17(14)12-5-6-12/h2-4,9-10,12H,5-8H2,1H3. The molecule has 1 saturated carbocycles. The molecule has 1 aromatic carbocycles. The van der Waals surface area contributed by atoms with Gasteiger partial charge in [-0.05, 0) is 37.5 Å². The SMILES string of the molecule is Cc1cccc(OCCc2nncn2C2CC2)c1. The molecule has 4 heteroatoms. The predicted octanol–water partition coefficient (Wildman–Crippen LogP) is 2.54. The highest BCUT2D eigenvalue weighted by atomic mass is 16.5. The first kappa shape index (κ1) is 11.3. The monoisotopic (exact) mass is 243 g/mol. The van der Waals surface area contributed by atoms with Gasteiger partial charge < -0.3 is 9.30 Å². The van der Waals surface area contributed by atoms with E-state index in [1.54, 1.807) is 0 Å². The Labute approximate surface area is 107 Å². The fourth-order valence-corrected chi connectivity index (χ4v) is 2.07. The molecule has 1 heterocycles. The van der Waals surface area contributed by atoms with Crippen molar-refractivity contribution >= 4 is 0 Å². The topological polar surface area (TPSA) is 39.9 Å². The van der Waals surface area contributed by atoms with Gasteiger partial charge in [0.2, 0.25) is 0 Å². The minimum atomic E-state index is 0.633. The number of nitrogens with zero attached hydrogens (tertiary/aromatic N) is 3. The molecule has 0 aliphatic heterocycles. The van der Waals surface area contributed by atoms with Gasteiger partial charge in [0, 0.05) is 12.5 Å². The van der Waals surface area contributed by atoms with Gasteiger partial charge in [0.05, 0.1) is 6.61 Å². The molecule has 0 atom stereocenters. The molecule has 0 unspecified atom stereocenters. The molecule has 0 spiro atoms. The van der Waals surface area contributed by atoms with Crippen molar-refractivity contribution in [2.75, 3.05) is 6.61 Å². The van der Waals surface area contributed by atoms with Crippen LogP contribution >= 0.6 is 0 Å². The maximum Gasteiger partial charge on any atom is 0.136 e. The third kappa shape index (κ3) is 2.53. The zero-order valence-corrected chi connectivity index (χ0v) is 10.5. The summed E-state index contributed by atoms with van der Waals surface area (Å²) in [5.41, 5.74) is 1.22. The molecular weight excluding hydrogens is 226 g/mol. The van der Waals surface area contributed by atoms with E-state index in [-0.39, 0.29) is 0 Å². The van der Waals surface area contributed by atoms with Crippen LogP contribution in [-0.4, -0.2) is 21.4 Å². The van der Waals surface area contributed by atoms with Crippen LogP contribution in [0.25, 0.3) is 0 Å². The average molecular weight is 243 g/mol. The molecule has 0 amide bonds. The third-order valence-corrected chi connectivity index (χ3v) is 3.17. The van der Waals surface area contributed by atoms with Gasteiger partial charge in [-0.25, -0.2) is 0 Å². The zero-order chi connectivity index (χ0) is 12.4. The molecule has 94 valence electrons. The van der Waals surface area contributed by atoms with E-state index < -0.39 is 0 Å². The molecule has 1 aromatic heterocycles. The lowest BCUT2D eigenvalue weighted by atomic mass is 10.2. The van der Waals surface area contributed by atoms with Crippen molar-refractivity contribution in [3.8, 4) is 5.75 Å². The summed E-state index contributed by atoms with van der Waals surface area (Å²) in [5, 5.41) is 8.14. The fraction of sp³-hybridized carbons (Fsp3) is 0.429. The lowest BCUT2D eigenvalue weighted by Crippen LogP contribution is -2.07. The largest absolute Gasteiger partial charge is 0.493 e. The van der Waals surface area contributed by atoms with Gasteiger partial charge in [0.25, 0.3) is 0 Å². The van der Waals surface area contributed by atoms with E-state index in [4.69, 9.17) is 4.74 Å². The van der Waals surface area contributed by atoms with Crippen LogP contribution in [0.15, 0.2) is 30.6 Å². The normalized spacial score (nSPS) is 14.7. The highest BCUT2D eigenvalue weighted by Gasteiger charge is 2.25. The second-order valence-electron chi connectivity index (χ2n) is 4.80. The van der Waals surface area contributed by atoms with Gasteiger partial charge in [-0.3, -0.25) is 0 Å². The van der Waals surface area contributed by atoms with Crippen LogP contribution in [0.5, 0.6) is 5.75 Å². The number of ether oxygens (including phenoxy) is 1. The van der Waals surface area contributed by atoms with Crippen LogP contribution in [0.4, 0.5) is 0 Å². The highest BCUT2D eigenvalue weighted by molar-refractivity contribution is 5.27. The quantitative estimate of drug-likeness (QED) is 0.810. The van der Waals surface area contributed by atoms with Crippen LogP contribution in [0, 0.1) is 6.92 Å². The number of benzene rings is 1. The molecule has 1 aliphatic rings. The van der Waals surface area contributed by atoms with Crippen molar-refractivity contribution in [1.82, 2.24) is 14.8 Å². The maximum atomic E-state index is 5.73. The molecule has 0 bridgehead atoms. The molecule has 18 heavy (non-hydrogen) atoms. The molecule has 0 N–H and O–H groups in total. The first-order chi connectivity index (χ1) is 8.83. The van der Waals surface area contributed by atoms with Crippen molar-refractivity contribution < 1.29 is 4.74 Å². The van der Waals surface area contributed by atoms with Crippen LogP contribution in [0.1, 0.15) is 30.3 Å². The second kappa shape index (κ2) is 4.80. The van der Waals surface area contributed by atoms with E-state index in [1.807, 2.05) is 24.5 Å². The number of rotatable bonds is 5. The lowest BCUT2D eigenvalue weighted by Gasteiger charge is -2.07.